The summed E-state index contributed by atoms with van der Waals surface area (Å²) in [5.41, 5.74) is 1.37. The summed E-state index contributed by atoms with van der Waals surface area (Å²) in [5, 5.41) is 3.07. The highest BCUT2D eigenvalue weighted by Gasteiger charge is 2.23. The zero-order chi connectivity index (χ0) is 19.4. The van der Waals surface area contributed by atoms with Crippen LogP contribution in [-0.2, 0) is 7.05 Å². The van der Waals surface area contributed by atoms with Gasteiger partial charge in [0.1, 0.15) is 23.4 Å². The Bertz CT molecular complexity index is 916. The molecule has 6 nitrogen and oxygen atoms in total. The monoisotopic (exact) mass is 429 g/mol. The summed E-state index contributed by atoms with van der Waals surface area (Å²) in [6.07, 6.45) is 3.54. The van der Waals surface area contributed by atoms with Gasteiger partial charge >= 0.3 is 0 Å². The fraction of sp³-hybridized carbons (Fsp3) is 0.200. The first-order valence-electron chi connectivity index (χ1n) is 8.28. The van der Waals surface area contributed by atoms with Crippen LogP contribution in [0.5, 0.6) is 11.5 Å². The van der Waals surface area contributed by atoms with Crippen molar-refractivity contribution in [3.8, 4) is 11.5 Å². The maximum atomic E-state index is 12.8. The second-order valence-corrected chi connectivity index (χ2v) is 6.87. The van der Waals surface area contributed by atoms with Crippen LogP contribution in [0.2, 0.25) is 0 Å². The van der Waals surface area contributed by atoms with E-state index >= 15 is 0 Å². The maximum Gasteiger partial charge on any atom is 0.252 e. The van der Waals surface area contributed by atoms with Gasteiger partial charge in [-0.25, -0.2) is 4.98 Å². The van der Waals surface area contributed by atoms with Crippen molar-refractivity contribution in [1.29, 1.82) is 0 Å². The summed E-state index contributed by atoms with van der Waals surface area (Å²) < 4.78 is 13.5. The summed E-state index contributed by atoms with van der Waals surface area (Å²) >= 11 is 3.38. The summed E-state index contributed by atoms with van der Waals surface area (Å²) in [5.74, 6) is 1.79. The molecule has 0 unspecified atom stereocenters. The van der Waals surface area contributed by atoms with Crippen molar-refractivity contribution in [1.82, 2.24) is 14.9 Å². The highest BCUT2D eigenvalue weighted by molar-refractivity contribution is 9.10. The van der Waals surface area contributed by atoms with Gasteiger partial charge in [-0.3, -0.25) is 4.79 Å². The van der Waals surface area contributed by atoms with Crippen LogP contribution in [0.15, 0.2) is 59.3 Å². The molecule has 1 N–H and O–H groups in total. The minimum atomic E-state index is -0.467. The zero-order valence-electron chi connectivity index (χ0n) is 15.3. The Hall–Kier alpha value is -2.80. The van der Waals surface area contributed by atoms with Crippen molar-refractivity contribution >= 4 is 21.8 Å². The number of nitrogens with one attached hydrogen (secondary N) is 1. The number of aryl methyl sites for hydroxylation is 1. The molecule has 3 aromatic rings. The smallest absolute Gasteiger partial charge is 0.252 e. The molecule has 0 aliphatic heterocycles. The van der Waals surface area contributed by atoms with E-state index in [1.54, 1.807) is 38.6 Å². The zero-order valence-corrected chi connectivity index (χ0v) is 16.9. The Labute approximate surface area is 166 Å². The van der Waals surface area contributed by atoms with Gasteiger partial charge in [0.2, 0.25) is 0 Å². The van der Waals surface area contributed by atoms with Crippen molar-refractivity contribution in [2.24, 2.45) is 7.05 Å². The van der Waals surface area contributed by atoms with E-state index in [1.807, 2.05) is 42.1 Å². The summed E-state index contributed by atoms with van der Waals surface area (Å²) in [7, 11) is 5.07. The first-order chi connectivity index (χ1) is 13.0. The summed E-state index contributed by atoms with van der Waals surface area (Å²) in [6, 6.07) is 12.2. The standard InChI is InChI=1S/C20H20BrN3O3/c1-24-9-8-22-19(24)18(14-10-16(26-2)12-17(11-14)27-3)23-20(25)13-4-6-15(21)7-5-13/h4-12,18H,1-3H3,(H,23,25)/t18-/m1/s1. The van der Waals surface area contributed by atoms with Crippen molar-refractivity contribution in [3.63, 3.8) is 0 Å². The molecule has 0 aliphatic rings. The topological polar surface area (TPSA) is 65.4 Å². The van der Waals surface area contributed by atoms with Crippen LogP contribution in [-0.4, -0.2) is 29.7 Å². The van der Waals surface area contributed by atoms with Gasteiger partial charge in [-0.1, -0.05) is 15.9 Å². The molecule has 0 fully saturated rings. The normalized spacial score (nSPS) is 11.7. The predicted molar refractivity (Wildman–Crippen MR) is 106 cm³/mol. The van der Waals surface area contributed by atoms with Gasteiger partial charge in [0.25, 0.3) is 5.91 Å². The fourth-order valence-corrected chi connectivity index (χ4v) is 3.03. The number of rotatable bonds is 6. The van der Waals surface area contributed by atoms with E-state index in [4.69, 9.17) is 9.47 Å². The third kappa shape index (κ3) is 4.31. The van der Waals surface area contributed by atoms with Gasteiger partial charge in [-0.05, 0) is 42.0 Å². The van der Waals surface area contributed by atoms with Gasteiger partial charge < -0.3 is 19.4 Å². The Morgan fingerprint density at radius 3 is 2.26 bits per heavy atom. The first-order valence-corrected chi connectivity index (χ1v) is 9.07. The molecule has 7 heteroatoms. The van der Waals surface area contributed by atoms with E-state index in [2.05, 4.69) is 26.2 Å². The van der Waals surface area contributed by atoms with Gasteiger partial charge in [-0.15, -0.1) is 0 Å². The lowest BCUT2D eigenvalue weighted by Gasteiger charge is -2.20. The van der Waals surface area contributed by atoms with Crippen LogP contribution in [0.3, 0.4) is 0 Å². The lowest BCUT2D eigenvalue weighted by Crippen LogP contribution is -2.31. The highest BCUT2D eigenvalue weighted by atomic mass is 79.9. The molecule has 27 heavy (non-hydrogen) atoms. The number of halogens is 1. The minimum Gasteiger partial charge on any atom is -0.497 e. The largest absolute Gasteiger partial charge is 0.497 e. The minimum absolute atomic E-state index is 0.197. The summed E-state index contributed by atoms with van der Waals surface area (Å²) in [4.78, 5) is 17.3. The molecular formula is C20H20BrN3O3. The highest BCUT2D eigenvalue weighted by Crippen LogP contribution is 2.29. The van der Waals surface area contributed by atoms with Crippen LogP contribution < -0.4 is 14.8 Å². The van der Waals surface area contributed by atoms with Crippen LogP contribution >= 0.6 is 15.9 Å². The Morgan fingerprint density at radius 1 is 1.11 bits per heavy atom. The third-order valence-corrected chi connectivity index (χ3v) is 4.73. The van der Waals surface area contributed by atoms with E-state index < -0.39 is 6.04 Å². The number of ether oxygens (including phenoxy) is 2. The average molecular weight is 430 g/mol. The van der Waals surface area contributed by atoms with Crippen LogP contribution in [0, 0.1) is 0 Å². The molecule has 0 bridgehead atoms. The lowest BCUT2D eigenvalue weighted by atomic mass is 10.0. The molecule has 1 aromatic heterocycles. The predicted octanol–water partition coefficient (Wildman–Crippen LogP) is 3.72. The number of hydrogen-bond acceptors (Lipinski definition) is 4. The van der Waals surface area contributed by atoms with Gasteiger partial charge in [0.15, 0.2) is 0 Å². The Morgan fingerprint density at radius 2 is 1.74 bits per heavy atom. The maximum absolute atomic E-state index is 12.8. The van der Waals surface area contributed by atoms with Gasteiger partial charge in [-0.2, -0.15) is 0 Å². The van der Waals surface area contributed by atoms with Gasteiger partial charge in [0, 0.05) is 35.5 Å². The van der Waals surface area contributed by atoms with Gasteiger partial charge in [0.05, 0.1) is 14.2 Å². The quantitative estimate of drug-likeness (QED) is 0.648. The second-order valence-electron chi connectivity index (χ2n) is 5.96. The van der Waals surface area contributed by atoms with Crippen LogP contribution in [0.4, 0.5) is 0 Å². The molecule has 0 saturated carbocycles. The second kappa shape index (κ2) is 8.26. The van der Waals surface area contributed by atoms with E-state index in [-0.39, 0.29) is 5.91 Å². The Kier molecular flexibility index (Phi) is 5.81. The molecule has 1 heterocycles. The number of carbonyl (C=O) groups excluding carboxylic acids is 1. The van der Waals surface area contributed by atoms with Crippen molar-refractivity contribution < 1.29 is 14.3 Å². The lowest BCUT2D eigenvalue weighted by molar-refractivity contribution is 0.0941. The van der Waals surface area contributed by atoms with Crippen LogP contribution in [0.1, 0.15) is 27.8 Å². The van der Waals surface area contributed by atoms with E-state index in [0.717, 1.165) is 10.0 Å². The van der Waals surface area contributed by atoms with Crippen molar-refractivity contribution in [2.45, 2.75) is 6.04 Å². The number of benzene rings is 2. The third-order valence-electron chi connectivity index (χ3n) is 4.21. The average Bonchev–Trinajstić information content (AvgIpc) is 3.11. The van der Waals surface area contributed by atoms with E-state index in [9.17, 15) is 4.79 Å². The molecule has 0 radical (unpaired) electrons. The molecule has 0 aliphatic carbocycles. The number of nitrogens with zero attached hydrogens (tertiary/aromatic N) is 2. The van der Waals surface area contributed by atoms with Crippen molar-refractivity contribution in [3.05, 3.63) is 76.3 Å². The van der Waals surface area contributed by atoms with E-state index in [1.165, 1.54) is 0 Å². The molecule has 1 atom stereocenters. The molecule has 3 rings (SSSR count). The molecular weight excluding hydrogens is 410 g/mol. The van der Waals surface area contributed by atoms with Crippen molar-refractivity contribution in [2.75, 3.05) is 14.2 Å². The number of imidazole rings is 1. The van der Waals surface area contributed by atoms with E-state index in [0.29, 0.717) is 22.9 Å². The number of methoxy groups -OCH3 is 2. The molecule has 0 spiro atoms. The number of amides is 1. The van der Waals surface area contributed by atoms with Crippen LogP contribution in [0.25, 0.3) is 0 Å². The molecule has 1 amide bonds. The SMILES string of the molecule is COc1cc(OC)cc([C@@H](NC(=O)c2ccc(Br)cc2)c2nccn2C)c1. The summed E-state index contributed by atoms with van der Waals surface area (Å²) in [6.45, 7) is 0. The molecule has 140 valence electrons. The number of hydrogen-bond donors (Lipinski definition) is 1. The molecule has 0 saturated heterocycles. The number of carbonyl (C=O) groups is 1. The molecule has 2 aromatic carbocycles. The first kappa shape index (κ1) is 19.0. The fourth-order valence-electron chi connectivity index (χ4n) is 2.76. The number of aromatic nitrogens is 2. The Balaban J connectivity index is 2.01.